The summed E-state index contributed by atoms with van der Waals surface area (Å²) in [6, 6.07) is 9.52. The van der Waals surface area contributed by atoms with Crippen molar-refractivity contribution in [2.45, 2.75) is 39.3 Å². The lowest BCUT2D eigenvalue weighted by Gasteiger charge is -2.24. The lowest BCUT2D eigenvalue weighted by Crippen LogP contribution is -2.41. The van der Waals surface area contributed by atoms with Crippen LogP contribution in [0, 0.1) is 0 Å². The molecule has 1 aliphatic heterocycles. The smallest absolute Gasteiger partial charge is 0.274 e. The fourth-order valence-corrected chi connectivity index (χ4v) is 3.52. The second-order valence-corrected chi connectivity index (χ2v) is 7.00. The first kappa shape index (κ1) is 20.0. The summed E-state index contributed by atoms with van der Waals surface area (Å²) in [5.41, 5.74) is 1.31. The standard InChI is InChI=1S/C20H28N6O2/c1-3-11-25(12-4-2)13-10-21-19(27)17-18-20(28)22-16(14-26(18)24-23-17)15-8-6-5-7-9-15/h5-9,16H,3-4,10-14H2,1-2H3,(H,21,27)(H,22,28)/t16-/m1/s1. The summed E-state index contributed by atoms with van der Waals surface area (Å²) in [6.45, 7) is 8.05. The number of hydrogen-bond acceptors (Lipinski definition) is 5. The van der Waals surface area contributed by atoms with Crippen LogP contribution in [0.2, 0.25) is 0 Å². The molecule has 1 aliphatic rings. The van der Waals surface area contributed by atoms with Crippen LogP contribution in [0.25, 0.3) is 0 Å². The number of carbonyl (C=O) groups is 2. The molecule has 2 heterocycles. The van der Waals surface area contributed by atoms with Crippen molar-refractivity contribution >= 4 is 11.8 Å². The molecule has 1 aromatic heterocycles. The van der Waals surface area contributed by atoms with E-state index in [4.69, 9.17) is 0 Å². The van der Waals surface area contributed by atoms with Crippen LogP contribution in [0.5, 0.6) is 0 Å². The maximum absolute atomic E-state index is 12.6. The van der Waals surface area contributed by atoms with Crippen LogP contribution < -0.4 is 10.6 Å². The van der Waals surface area contributed by atoms with Gasteiger partial charge in [-0.1, -0.05) is 49.4 Å². The molecule has 0 unspecified atom stereocenters. The van der Waals surface area contributed by atoms with Gasteiger partial charge < -0.3 is 15.5 Å². The van der Waals surface area contributed by atoms with E-state index in [1.54, 1.807) is 0 Å². The molecule has 8 heteroatoms. The molecule has 2 amide bonds. The third-order valence-electron chi connectivity index (χ3n) is 4.82. The molecule has 1 aromatic carbocycles. The highest BCUT2D eigenvalue weighted by Crippen LogP contribution is 2.21. The lowest BCUT2D eigenvalue weighted by molar-refractivity contribution is 0.0875. The lowest BCUT2D eigenvalue weighted by atomic mass is 10.0. The maximum Gasteiger partial charge on any atom is 0.274 e. The highest BCUT2D eigenvalue weighted by Gasteiger charge is 2.32. The van der Waals surface area contributed by atoms with E-state index >= 15 is 0 Å². The first-order chi connectivity index (χ1) is 13.6. The van der Waals surface area contributed by atoms with Crippen LogP contribution in [0.3, 0.4) is 0 Å². The van der Waals surface area contributed by atoms with Crippen LogP contribution >= 0.6 is 0 Å². The Morgan fingerprint density at radius 1 is 1.21 bits per heavy atom. The molecule has 150 valence electrons. The minimum absolute atomic E-state index is 0.0848. The Kier molecular flexibility index (Phi) is 6.76. The molecule has 0 spiro atoms. The monoisotopic (exact) mass is 384 g/mol. The van der Waals surface area contributed by atoms with Crippen LogP contribution in [0.15, 0.2) is 30.3 Å². The van der Waals surface area contributed by atoms with E-state index in [0.717, 1.165) is 38.0 Å². The van der Waals surface area contributed by atoms with E-state index in [9.17, 15) is 9.59 Å². The minimum Gasteiger partial charge on any atom is -0.349 e. The number of aromatic nitrogens is 3. The van der Waals surface area contributed by atoms with Gasteiger partial charge in [-0.3, -0.25) is 9.59 Å². The normalized spacial score (nSPS) is 16.0. The Balaban J connectivity index is 1.63. The zero-order valence-electron chi connectivity index (χ0n) is 16.5. The summed E-state index contributed by atoms with van der Waals surface area (Å²) in [5, 5.41) is 13.8. The van der Waals surface area contributed by atoms with Crippen molar-refractivity contribution in [3.05, 3.63) is 47.3 Å². The molecule has 2 aromatic rings. The SMILES string of the molecule is CCCN(CCC)CCNC(=O)c1nnn2c1C(=O)N[C@@H](c1ccccc1)C2. The molecule has 28 heavy (non-hydrogen) atoms. The Hall–Kier alpha value is -2.74. The largest absolute Gasteiger partial charge is 0.349 e. The van der Waals surface area contributed by atoms with E-state index in [1.807, 2.05) is 30.3 Å². The average Bonchev–Trinajstić information content (AvgIpc) is 3.14. The first-order valence-corrected chi connectivity index (χ1v) is 9.93. The first-order valence-electron chi connectivity index (χ1n) is 9.93. The van der Waals surface area contributed by atoms with Crippen molar-refractivity contribution < 1.29 is 9.59 Å². The van der Waals surface area contributed by atoms with E-state index in [1.165, 1.54) is 4.68 Å². The number of hydrogen-bond donors (Lipinski definition) is 2. The van der Waals surface area contributed by atoms with E-state index < -0.39 is 0 Å². The zero-order valence-corrected chi connectivity index (χ0v) is 16.5. The summed E-state index contributed by atoms with van der Waals surface area (Å²) < 4.78 is 1.52. The Morgan fingerprint density at radius 2 is 1.93 bits per heavy atom. The number of nitrogens with one attached hydrogen (secondary N) is 2. The van der Waals surface area contributed by atoms with Gasteiger partial charge in [0.25, 0.3) is 11.8 Å². The van der Waals surface area contributed by atoms with Gasteiger partial charge in [0, 0.05) is 13.1 Å². The molecular weight excluding hydrogens is 356 g/mol. The Morgan fingerprint density at radius 3 is 2.61 bits per heavy atom. The third-order valence-corrected chi connectivity index (χ3v) is 4.82. The van der Waals surface area contributed by atoms with E-state index in [0.29, 0.717) is 13.1 Å². The van der Waals surface area contributed by atoms with Gasteiger partial charge in [0.1, 0.15) is 0 Å². The minimum atomic E-state index is -0.359. The van der Waals surface area contributed by atoms with E-state index in [-0.39, 0.29) is 29.2 Å². The number of nitrogens with zero attached hydrogens (tertiary/aromatic N) is 4. The molecule has 0 saturated carbocycles. The summed E-state index contributed by atoms with van der Waals surface area (Å²) in [4.78, 5) is 27.5. The number of amides is 2. The fraction of sp³-hybridized carbons (Fsp3) is 0.500. The third kappa shape index (κ3) is 4.56. The molecule has 0 bridgehead atoms. The predicted octanol–water partition coefficient (Wildman–Crippen LogP) is 1.61. The average molecular weight is 384 g/mol. The zero-order chi connectivity index (χ0) is 19.9. The molecule has 2 N–H and O–H groups in total. The van der Waals surface area contributed by atoms with Crippen molar-refractivity contribution in [1.82, 2.24) is 30.5 Å². The Labute approximate surface area is 165 Å². The fourth-order valence-electron chi connectivity index (χ4n) is 3.52. The Bertz CT molecular complexity index is 798. The van der Waals surface area contributed by atoms with Crippen LogP contribution in [0.1, 0.15) is 59.3 Å². The topological polar surface area (TPSA) is 92.2 Å². The number of carbonyl (C=O) groups excluding carboxylic acids is 2. The second kappa shape index (κ2) is 9.45. The van der Waals surface area contributed by atoms with Crippen molar-refractivity contribution in [3.63, 3.8) is 0 Å². The van der Waals surface area contributed by atoms with Crippen LogP contribution in [-0.4, -0.2) is 57.9 Å². The van der Waals surface area contributed by atoms with Gasteiger partial charge in [-0.15, -0.1) is 5.10 Å². The molecule has 3 rings (SSSR count). The summed E-state index contributed by atoms with van der Waals surface area (Å²) in [6.07, 6.45) is 2.16. The van der Waals surface area contributed by atoms with Gasteiger partial charge >= 0.3 is 0 Å². The van der Waals surface area contributed by atoms with Crippen molar-refractivity contribution in [2.75, 3.05) is 26.2 Å². The van der Waals surface area contributed by atoms with Crippen molar-refractivity contribution in [1.29, 1.82) is 0 Å². The molecular formula is C20H28N6O2. The number of rotatable bonds is 9. The van der Waals surface area contributed by atoms with Gasteiger partial charge in [0.15, 0.2) is 11.4 Å². The summed E-state index contributed by atoms with van der Waals surface area (Å²) in [5.74, 6) is -0.684. The number of fused-ring (bicyclic) bond motifs is 1. The predicted molar refractivity (Wildman–Crippen MR) is 106 cm³/mol. The van der Waals surface area contributed by atoms with E-state index in [2.05, 4.69) is 39.7 Å². The van der Waals surface area contributed by atoms with Gasteiger partial charge in [0.05, 0.1) is 12.6 Å². The van der Waals surface area contributed by atoms with Crippen LogP contribution in [-0.2, 0) is 6.54 Å². The van der Waals surface area contributed by atoms with Gasteiger partial charge in [-0.2, -0.15) is 0 Å². The van der Waals surface area contributed by atoms with Gasteiger partial charge in [-0.05, 0) is 31.5 Å². The molecule has 0 aliphatic carbocycles. The van der Waals surface area contributed by atoms with Crippen molar-refractivity contribution in [2.24, 2.45) is 0 Å². The second-order valence-electron chi connectivity index (χ2n) is 7.00. The van der Waals surface area contributed by atoms with Crippen LogP contribution in [0.4, 0.5) is 0 Å². The number of benzene rings is 1. The highest BCUT2D eigenvalue weighted by molar-refractivity contribution is 6.05. The molecule has 0 fully saturated rings. The van der Waals surface area contributed by atoms with Gasteiger partial charge in [0.2, 0.25) is 0 Å². The maximum atomic E-state index is 12.6. The highest BCUT2D eigenvalue weighted by atomic mass is 16.2. The molecule has 0 saturated heterocycles. The van der Waals surface area contributed by atoms with Gasteiger partial charge in [-0.25, -0.2) is 4.68 Å². The summed E-state index contributed by atoms with van der Waals surface area (Å²) >= 11 is 0. The molecule has 8 nitrogen and oxygen atoms in total. The van der Waals surface area contributed by atoms with Crippen molar-refractivity contribution in [3.8, 4) is 0 Å². The quantitative estimate of drug-likeness (QED) is 0.685. The molecule has 0 radical (unpaired) electrons. The molecule has 1 atom stereocenters. The summed E-state index contributed by atoms with van der Waals surface area (Å²) in [7, 11) is 0.